The summed E-state index contributed by atoms with van der Waals surface area (Å²) in [6.45, 7) is 3.06. The second-order valence-electron chi connectivity index (χ2n) is 8.18. The molecule has 33 heavy (non-hydrogen) atoms. The summed E-state index contributed by atoms with van der Waals surface area (Å²) in [6.07, 6.45) is 2.30. The lowest BCUT2D eigenvalue weighted by molar-refractivity contribution is -0.121. The lowest BCUT2D eigenvalue weighted by atomic mass is 9.90. The third-order valence-electron chi connectivity index (χ3n) is 5.74. The molecule has 0 bridgehead atoms. The Kier molecular flexibility index (Phi) is 7.42. The number of carbonyl (C=O) groups is 2. The van der Waals surface area contributed by atoms with E-state index in [1.807, 2.05) is 0 Å². The minimum absolute atomic E-state index is 0.0441. The largest absolute Gasteiger partial charge is 0.506 e. The van der Waals surface area contributed by atoms with E-state index < -0.39 is 29.3 Å². The summed E-state index contributed by atoms with van der Waals surface area (Å²) in [5.74, 6) is -4.86. The number of nitrogens with zero attached hydrogens (tertiary/aromatic N) is 2. The number of anilines is 1. The van der Waals surface area contributed by atoms with Crippen molar-refractivity contribution in [1.29, 1.82) is 0 Å². The van der Waals surface area contributed by atoms with E-state index in [0.717, 1.165) is 0 Å². The average molecular weight is 463 g/mol. The molecule has 11 heteroatoms. The van der Waals surface area contributed by atoms with Crippen molar-refractivity contribution < 1.29 is 23.5 Å². The van der Waals surface area contributed by atoms with Crippen LogP contribution in [0.15, 0.2) is 35.4 Å². The third kappa shape index (κ3) is 6.13. The van der Waals surface area contributed by atoms with Gasteiger partial charge in [-0.2, -0.15) is 0 Å². The first-order valence-electron chi connectivity index (χ1n) is 10.6. The predicted octanol–water partition coefficient (Wildman–Crippen LogP) is 1.95. The molecule has 2 amide bonds. The molecule has 3 rings (SSSR count). The maximum absolute atomic E-state index is 15.1. The molecule has 1 saturated heterocycles. The van der Waals surface area contributed by atoms with Gasteiger partial charge in [-0.1, -0.05) is 0 Å². The van der Waals surface area contributed by atoms with E-state index in [2.05, 4.69) is 20.6 Å². The Hall–Kier alpha value is -3.34. The van der Waals surface area contributed by atoms with Gasteiger partial charge in [-0.05, 0) is 43.7 Å². The number of nitrogens with one attached hydrogen (secondary N) is 3. The van der Waals surface area contributed by atoms with Crippen LogP contribution in [0.3, 0.4) is 0 Å². The number of rotatable bonds is 6. The van der Waals surface area contributed by atoms with Crippen LogP contribution in [0.5, 0.6) is 5.75 Å². The third-order valence-corrected chi connectivity index (χ3v) is 5.74. The summed E-state index contributed by atoms with van der Waals surface area (Å²) >= 11 is 0. The molecule has 0 saturated carbocycles. The van der Waals surface area contributed by atoms with Crippen LogP contribution in [0, 0.1) is 0 Å². The van der Waals surface area contributed by atoms with Crippen LogP contribution in [0.4, 0.5) is 14.6 Å². The van der Waals surface area contributed by atoms with Crippen molar-refractivity contribution in [2.24, 2.45) is 0 Å². The molecule has 4 N–H and O–H groups in total. The molecule has 2 aromatic heterocycles. The van der Waals surface area contributed by atoms with Gasteiger partial charge in [0.05, 0.1) is 18.2 Å². The number of alkyl halides is 2. The molecule has 0 aliphatic carbocycles. The fourth-order valence-corrected chi connectivity index (χ4v) is 3.81. The molecule has 2 atom stereocenters. The summed E-state index contributed by atoms with van der Waals surface area (Å²) in [6, 6.07) is 3.49. The maximum Gasteiger partial charge on any atom is 0.256 e. The number of amides is 2. The van der Waals surface area contributed by atoms with Gasteiger partial charge in [0.15, 0.2) is 0 Å². The van der Waals surface area contributed by atoms with E-state index in [9.17, 15) is 19.5 Å². The number of aromatic nitrogens is 2. The first-order valence-corrected chi connectivity index (χ1v) is 10.6. The van der Waals surface area contributed by atoms with Gasteiger partial charge < -0.3 is 20.7 Å². The van der Waals surface area contributed by atoms with Gasteiger partial charge in [-0.3, -0.25) is 19.3 Å². The highest BCUT2D eigenvalue weighted by molar-refractivity contribution is 5.93. The summed E-state index contributed by atoms with van der Waals surface area (Å²) < 4.78 is 30.1. The highest BCUT2D eigenvalue weighted by Gasteiger charge is 2.44. The van der Waals surface area contributed by atoms with E-state index in [1.54, 1.807) is 11.8 Å². The van der Waals surface area contributed by atoms with Crippen LogP contribution < -0.4 is 16.2 Å². The van der Waals surface area contributed by atoms with Crippen LogP contribution in [-0.2, 0) is 16.1 Å². The van der Waals surface area contributed by atoms with E-state index in [1.165, 1.54) is 37.5 Å². The number of hydrogen-bond acceptors (Lipinski definition) is 6. The van der Waals surface area contributed by atoms with Crippen LogP contribution in [0.25, 0.3) is 0 Å². The fraction of sp³-hybridized carbons (Fsp3) is 0.455. The Labute approximate surface area is 189 Å². The zero-order valence-corrected chi connectivity index (χ0v) is 18.4. The van der Waals surface area contributed by atoms with Gasteiger partial charge in [0.2, 0.25) is 11.8 Å². The standard InChI is InChI=1S/C22H27F2N5O4/c1-13(20(32)28-19-5-4-17(31)11-26-19)29-7-3-6-22(23,24)18(12-29)15-8-16(10-25-14(2)30)21(33)27-9-15/h4-5,8-9,11,13,18,31H,3,6-7,10,12H2,1-2H3,(H,25,30)(H,27,33)(H,26,28,32)/t13-,18+/m0/s1. The summed E-state index contributed by atoms with van der Waals surface area (Å²) in [5, 5.41) is 14.5. The van der Waals surface area contributed by atoms with Gasteiger partial charge in [0, 0.05) is 38.2 Å². The van der Waals surface area contributed by atoms with Crippen LogP contribution in [-0.4, -0.2) is 56.8 Å². The zero-order valence-electron chi connectivity index (χ0n) is 18.4. The predicted molar refractivity (Wildman–Crippen MR) is 117 cm³/mol. The Morgan fingerprint density at radius 1 is 1.39 bits per heavy atom. The normalized spacial score (nSPS) is 19.3. The summed E-state index contributed by atoms with van der Waals surface area (Å²) in [4.78, 5) is 44.1. The second kappa shape index (κ2) is 10.1. The second-order valence-corrected chi connectivity index (χ2v) is 8.18. The van der Waals surface area contributed by atoms with Crippen molar-refractivity contribution in [3.05, 3.63) is 52.1 Å². The van der Waals surface area contributed by atoms with E-state index in [4.69, 9.17) is 0 Å². The van der Waals surface area contributed by atoms with E-state index in [-0.39, 0.29) is 54.5 Å². The first kappa shape index (κ1) is 24.3. The van der Waals surface area contributed by atoms with Crippen molar-refractivity contribution in [2.45, 2.75) is 51.1 Å². The van der Waals surface area contributed by atoms with Crippen molar-refractivity contribution in [2.75, 3.05) is 18.4 Å². The average Bonchev–Trinajstić information content (AvgIpc) is 2.92. The topological polar surface area (TPSA) is 127 Å². The molecule has 1 fully saturated rings. The number of aromatic amines is 1. The highest BCUT2D eigenvalue weighted by atomic mass is 19.3. The van der Waals surface area contributed by atoms with Gasteiger partial charge in [-0.15, -0.1) is 0 Å². The molecular weight excluding hydrogens is 436 g/mol. The molecule has 1 aliphatic heterocycles. The number of H-pyrrole nitrogens is 1. The van der Waals surface area contributed by atoms with Gasteiger partial charge in [0.1, 0.15) is 11.6 Å². The van der Waals surface area contributed by atoms with Crippen LogP contribution in [0.1, 0.15) is 43.7 Å². The van der Waals surface area contributed by atoms with E-state index >= 15 is 8.78 Å². The molecule has 9 nitrogen and oxygen atoms in total. The number of hydrogen-bond donors (Lipinski definition) is 4. The molecule has 0 spiro atoms. The molecule has 3 heterocycles. The molecule has 0 aromatic carbocycles. The van der Waals surface area contributed by atoms with Gasteiger partial charge in [-0.25, -0.2) is 13.8 Å². The number of halogens is 2. The quantitative estimate of drug-likeness (QED) is 0.519. The smallest absolute Gasteiger partial charge is 0.256 e. The minimum atomic E-state index is -3.05. The molecule has 0 radical (unpaired) electrons. The Bertz CT molecular complexity index is 1060. The number of likely N-dealkylation sites (tertiary alicyclic amines) is 1. The first-order chi connectivity index (χ1) is 15.6. The Morgan fingerprint density at radius 3 is 2.82 bits per heavy atom. The SMILES string of the molecule is CC(=O)NCc1cc([C@H]2CN([C@@H](C)C(=O)Nc3ccc(O)cn3)CCCC2(F)F)c[nH]c1=O. The Morgan fingerprint density at radius 2 is 2.15 bits per heavy atom. The number of aromatic hydroxyl groups is 1. The number of pyridine rings is 2. The highest BCUT2D eigenvalue weighted by Crippen LogP contribution is 2.40. The van der Waals surface area contributed by atoms with Crippen molar-refractivity contribution >= 4 is 17.6 Å². The summed E-state index contributed by atoms with van der Waals surface area (Å²) in [7, 11) is 0. The summed E-state index contributed by atoms with van der Waals surface area (Å²) in [5.41, 5.74) is -0.0476. The molecule has 0 unspecified atom stereocenters. The minimum Gasteiger partial charge on any atom is -0.506 e. The fourth-order valence-electron chi connectivity index (χ4n) is 3.81. The Balaban J connectivity index is 1.81. The zero-order chi connectivity index (χ0) is 24.2. The molecule has 178 valence electrons. The lowest BCUT2D eigenvalue weighted by Crippen LogP contribution is -2.45. The maximum atomic E-state index is 15.1. The monoisotopic (exact) mass is 463 g/mol. The number of carbonyl (C=O) groups excluding carboxylic acids is 2. The lowest BCUT2D eigenvalue weighted by Gasteiger charge is -2.31. The van der Waals surface area contributed by atoms with Gasteiger partial charge in [0.25, 0.3) is 11.5 Å². The van der Waals surface area contributed by atoms with Crippen LogP contribution >= 0.6 is 0 Å². The van der Waals surface area contributed by atoms with Crippen molar-refractivity contribution in [3.8, 4) is 5.75 Å². The van der Waals surface area contributed by atoms with Gasteiger partial charge >= 0.3 is 0 Å². The van der Waals surface area contributed by atoms with Crippen LogP contribution in [0.2, 0.25) is 0 Å². The molecular formula is C22H27F2N5O4. The van der Waals surface area contributed by atoms with Crippen molar-refractivity contribution in [3.63, 3.8) is 0 Å². The molecule has 2 aromatic rings. The van der Waals surface area contributed by atoms with Crippen molar-refractivity contribution in [1.82, 2.24) is 20.2 Å². The van der Waals surface area contributed by atoms with E-state index in [0.29, 0.717) is 6.54 Å². The molecule has 1 aliphatic rings.